The number of hydrogen-bond acceptors (Lipinski definition) is 6. The maximum atomic E-state index is 12.5. The largest absolute Gasteiger partial charge is 0.461 e. The molecular weight excluding hydrogens is 398 g/mol. The van der Waals surface area contributed by atoms with Crippen molar-refractivity contribution in [3.8, 4) is 17.3 Å². The van der Waals surface area contributed by atoms with Gasteiger partial charge < -0.3 is 9.40 Å². The molecule has 8 heteroatoms. The van der Waals surface area contributed by atoms with E-state index in [4.69, 9.17) is 4.42 Å². The number of H-pyrrole nitrogens is 1. The summed E-state index contributed by atoms with van der Waals surface area (Å²) in [7, 11) is 0. The Balaban J connectivity index is 1.56. The first kappa shape index (κ1) is 18.4. The summed E-state index contributed by atoms with van der Waals surface area (Å²) in [6, 6.07) is 20.8. The first-order valence-corrected chi connectivity index (χ1v) is 10.3. The molecule has 30 heavy (non-hydrogen) atoms. The quantitative estimate of drug-likeness (QED) is 0.422. The van der Waals surface area contributed by atoms with Gasteiger partial charge in [-0.1, -0.05) is 42.1 Å². The molecule has 0 fully saturated rings. The first-order valence-electron chi connectivity index (χ1n) is 9.41. The lowest BCUT2D eigenvalue weighted by Crippen LogP contribution is -2.13. The van der Waals surface area contributed by atoms with Gasteiger partial charge in [-0.25, -0.2) is 4.98 Å². The molecule has 0 aliphatic carbocycles. The van der Waals surface area contributed by atoms with Crippen molar-refractivity contribution in [3.63, 3.8) is 0 Å². The fourth-order valence-electron chi connectivity index (χ4n) is 3.23. The Morgan fingerprint density at radius 1 is 1.00 bits per heavy atom. The van der Waals surface area contributed by atoms with Crippen molar-refractivity contribution in [2.24, 2.45) is 0 Å². The van der Waals surface area contributed by atoms with Gasteiger partial charge in [0, 0.05) is 5.69 Å². The highest BCUT2D eigenvalue weighted by Crippen LogP contribution is 2.35. The Morgan fingerprint density at radius 2 is 1.80 bits per heavy atom. The van der Waals surface area contributed by atoms with Gasteiger partial charge in [0.25, 0.3) is 5.56 Å². The van der Waals surface area contributed by atoms with Crippen LogP contribution < -0.4 is 5.56 Å². The van der Waals surface area contributed by atoms with Crippen molar-refractivity contribution in [2.75, 3.05) is 0 Å². The molecule has 0 unspecified atom stereocenters. The second-order valence-corrected chi connectivity index (χ2v) is 7.99. The van der Waals surface area contributed by atoms with Crippen LogP contribution in [0.1, 0.15) is 18.0 Å². The first-order chi connectivity index (χ1) is 14.7. The average molecular weight is 415 g/mol. The van der Waals surface area contributed by atoms with Gasteiger partial charge in [0.05, 0.1) is 22.4 Å². The topological polar surface area (TPSA) is 89.6 Å². The van der Waals surface area contributed by atoms with E-state index in [0.29, 0.717) is 33.5 Å². The highest BCUT2D eigenvalue weighted by Gasteiger charge is 2.21. The molecule has 3 heterocycles. The summed E-state index contributed by atoms with van der Waals surface area (Å²) < 4.78 is 7.50. The van der Waals surface area contributed by atoms with Crippen LogP contribution in [-0.4, -0.2) is 24.7 Å². The van der Waals surface area contributed by atoms with Crippen LogP contribution in [0.2, 0.25) is 0 Å². The van der Waals surface area contributed by atoms with Crippen LogP contribution in [0.25, 0.3) is 28.2 Å². The van der Waals surface area contributed by atoms with Crippen LogP contribution in [0.3, 0.4) is 0 Å². The molecule has 7 nitrogen and oxygen atoms in total. The molecule has 0 aliphatic heterocycles. The number of rotatable bonds is 5. The second-order valence-electron chi connectivity index (χ2n) is 6.68. The Labute approximate surface area is 175 Å². The lowest BCUT2D eigenvalue weighted by molar-refractivity contribution is 0.575. The summed E-state index contributed by atoms with van der Waals surface area (Å²) in [5, 5.41) is 9.85. The van der Waals surface area contributed by atoms with E-state index < -0.39 is 0 Å². The third-order valence-corrected chi connectivity index (χ3v) is 5.74. The minimum Gasteiger partial charge on any atom is -0.461 e. The normalized spacial score (nSPS) is 12.3. The van der Waals surface area contributed by atoms with Crippen LogP contribution >= 0.6 is 11.8 Å². The van der Waals surface area contributed by atoms with Crippen molar-refractivity contribution in [3.05, 3.63) is 89.2 Å². The highest BCUT2D eigenvalue weighted by molar-refractivity contribution is 7.99. The number of aromatic nitrogens is 5. The molecule has 2 aromatic carbocycles. The number of hydrogen-bond donors (Lipinski definition) is 1. The highest BCUT2D eigenvalue weighted by atomic mass is 32.2. The summed E-state index contributed by atoms with van der Waals surface area (Å²) in [6.45, 7) is 1.98. The number of nitrogens with one attached hydrogen (secondary N) is 1. The molecule has 0 saturated carbocycles. The third kappa shape index (κ3) is 3.31. The lowest BCUT2D eigenvalue weighted by atomic mass is 10.2. The van der Waals surface area contributed by atoms with E-state index in [1.54, 1.807) is 12.3 Å². The second kappa shape index (κ2) is 7.64. The van der Waals surface area contributed by atoms with E-state index in [0.717, 1.165) is 5.69 Å². The van der Waals surface area contributed by atoms with Crippen LogP contribution in [0.4, 0.5) is 0 Å². The number of furan rings is 1. The summed E-state index contributed by atoms with van der Waals surface area (Å²) in [5.41, 5.74) is 1.44. The maximum Gasteiger partial charge on any atom is 0.258 e. The monoisotopic (exact) mass is 415 g/mol. The molecule has 0 aliphatic rings. The third-order valence-electron chi connectivity index (χ3n) is 4.69. The standard InChI is InChI=1S/C22H17N5O2S/c1-14(19-23-17-11-6-5-10-16(17)21(28)24-19)30-22-26-25-20(18-12-7-13-29-18)27(22)15-8-3-2-4-9-15/h2-14H,1H3,(H,23,24,28)/t14-/m1/s1. The molecule has 5 aromatic rings. The predicted molar refractivity (Wildman–Crippen MR) is 116 cm³/mol. The number of thioether (sulfide) groups is 1. The molecule has 1 N–H and O–H groups in total. The van der Waals surface area contributed by atoms with Crippen molar-refractivity contribution >= 4 is 22.7 Å². The van der Waals surface area contributed by atoms with E-state index in [2.05, 4.69) is 20.2 Å². The van der Waals surface area contributed by atoms with Crippen molar-refractivity contribution in [1.29, 1.82) is 0 Å². The van der Waals surface area contributed by atoms with E-state index in [1.807, 2.05) is 72.2 Å². The van der Waals surface area contributed by atoms with Crippen LogP contribution in [0.15, 0.2) is 87.4 Å². The molecule has 0 amide bonds. The summed E-state index contributed by atoms with van der Waals surface area (Å²) in [6.07, 6.45) is 1.61. The number of nitrogens with zero attached hydrogens (tertiary/aromatic N) is 4. The van der Waals surface area contributed by atoms with Gasteiger partial charge in [-0.05, 0) is 43.3 Å². The summed E-state index contributed by atoms with van der Waals surface area (Å²) >= 11 is 1.47. The van der Waals surface area contributed by atoms with Crippen LogP contribution in [0.5, 0.6) is 0 Å². The Bertz CT molecular complexity index is 1360. The molecule has 0 saturated heterocycles. The van der Waals surface area contributed by atoms with E-state index in [1.165, 1.54) is 11.8 Å². The van der Waals surface area contributed by atoms with E-state index in [9.17, 15) is 4.79 Å². The number of aromatic amines is 1. The van der Waals surface area contributed by atoms with Crippen molar-refractivity contribution in [1.82, 2.24) is 24.7 Å². The average Bonchev–Trinajstić information content (AvgIpc) is 3.44. The minimum atomic E-state index is -0.154. The number of benzene rings is 2. The zero-order chi connectivity index (χ0) is 20.5. The van der Waals surface area contributed by atoms with Gasteiger partial charge in [0.15, 0.2) is 10.9 Å². The molecule has 3 aromatic heterocycles. The van der Waals surface area contributed by atoms with Crippen molar-refractivity contribution < 1.29 is 4.42 Å². The van der Waals surface area contributed by atoms with Crippen LogP contribution in [-0.2, 0) is 0 Å². The Kier molecular flexibility index (Phi) is 4.68. The van der Waals surface area contributed by atoms with Crippen molar-refractivity contribution in [2.45, 2.75) is 17.3 Å². The Morgan fingerprint density at radius 3 is 2.60 bits per heavy atom. The van der Waals surface area contributed by atoms with Gasteiger partial charge in [0.1, 0.15) is 5.82 Å². The molecular formula is C22H17N5O2S. The Hall–Kier alpha value is -3.65. The van der Waals surface area contributed by atoms with E-state index >= 15 is 0 Å². The zero-order valence-electron chi connectivity index (χ0n) is 16.0. The maximum absolute atomic E-state index is 12.5. The van der Waals surface area contributed by atoms with Gasteiger partial charge >= 0.3 is 0 Å². The lowest BCUT2D eigenvalue weighted by Gasteiger charge is -2.13. The SMILES string of the molecule is C[C@@H](Sc1nnc(-c2ccco2)n1-c1ccccc1)c1nc2ccccc2c(=O)[nH]1. The number of para-hydroxylation sites is 2. The summed E-state index contributed by atoms with van der Waals surface area (Å²) in [5.74, 6) is 1.83. The van der Waals surface area contributed by atoms with Gasteiger partial charge in [-0.3, -0.25) is 9.36 Å². The molecule has 148 valence electrons. The summed E-state index contributed by atoms with van der Waals surface area (Å²) in [4.78, 5) is 20.0. The molecule has 5 rings (SSSR count). The van der Waals surface area contributed by atoms with E-state index in [-0.39, 0.29) is 10.8 Å². The molecule has 0 bridgehead atoms. The fraction of sp³-hybridized carbons (Fsp3) is 0.0909. The fourth-order valence-corrected chi connectivity index (χ4v) is 4.16. The predicted octanol–water partition coefficient (Wildman–Crippen LogP) is 4.62. The van der Waals surface area contributed by atoms with Gasteiger partial charge in [-0.2, -0.15) is 0 Å². The molecule has 0 spiro atoms. The molecule has 1 atom stereocenters. The molecule has 0 radical (unpaired) electrons. The number of fused-ring (bicyclic) bond motifs is 1. The zero-order valence-corrected chi connectivity index (χ0v) is 16.8. The van der Waals surface area contributed by atoms with Gasteiger partial charge in [0.2, 0.25) is 5.82 Å². The smallest absolute Gasteiger partial charge is 0.258 e. The van der Waals surface area contributed by atoms with Crippen LogP contribution in [0, 0.1) is 0 Å². The minimum absolute atomic E-state index is 0.149. The van der Waals surface area contributed by atoms with Gasteiger partial charge in [-0.15, -0.1) is 10.2 Å².